The van der Waals surface area contributed by atoms with Crippen LogP contribution in [0.4, 0.5) is 5.69 Å². The standard InChI is InChI=1S/C13H16N4O2/c1-19-7-6-16-4-5-17(10-13(16)18)12-2-3-15-11(8-12)9-14/h2-3,8H,4-7,10H2,1H3. The molecule has 1 amide bonds. The van der Waals surface area contributed by atoms with Crippen molar-refractivity contribution in [2.75, 3.05) is 44.8 Å². The van der Waals surface area contributed by atoms with Gasteiger partial charge in [-0.25, -0.2) is 4.98 Å². The van der Waals surface area contributed by atoms with Crippen molar-refractivity contribution in [1.29, 1.82) is 5.26 Å². The Labute approximate surface area is 112 Å². The molecule has 100 valence electrons. The molecular formula is C13H16N4O2. The summed E-state index contributed by atoms with van der Waals surface area (Å²) in [5.74, 6) is 0.0821. The van der Waals surface area contributed by atoms with Crippen LogP contribution >= 0.6 is 0 Å². The Morgan fingerprint density at radius 1 is 1.53 bits per heavy atom. The number of aromatic nitrogens is 1. The van der Waals surface area contributed by atoms with Crippen LogP contribution < -0.4 is 4.90 Å². The summed E-state index contributed by atoms with van der Waals surface area (Å²) in [6.07, 6.45) is 1.59. The number of nitriles is 1. The topological polar surface area (TPSA) is 69.5 Å². The summed E-state index contributed by atoms with van der Waals surface area (Å²) < 4.78 is 4.98. The lowest BCUT2D eigenvalue weighted by Crippen LogP contribution is -2.51. The van der Waals surface area contributed by atoms with Crippen molar-refractivity contribution in [3.63, 3.8) is 0 Å². The number of methoxy groups -OCH3 is 1. The third kappa shape index (κ3) is 3.20. The van der Waals surface area contributed by atoms with Crippen molar-refractivity contribution in [3.8, 4) is 6.07 Å². The number of nitrogens with zero attached hydrogens (tertiary/aromatic N) is 4. The third-order valence-electron chi connectivity index (χ3n) is 3.11. The van der Waals surface area contributed by atoms with E-state index in [9.17, 15) is 4.79 Å². The smallest absolute Gasteiger partial charge is 0.242 e. The van der Waals surface area contributed by atoms with Crippen LogP contribution in [0.15, 0.2) is 18.3 Å². The number of amides is 1. The van der Waals surface area contributed by atoms with E-state index in [-0.39, 0.29) is 5.91 Å². The van der Waals surface area contributed by atoms with Gasteiger partial charge in [-0.05, 0) is 12.1 Å². The maximum Gasteiger partial charge on any atom is 0.242 e. The summed E-state index contributed by atoms with van der Waals surface area (Å²) in [6.45, 7) is 2.94. The average molecular weight is 260 g/mol. The van der Waals surface area contributed by atoms with Crippen molar-refractivity contribution in [2.45, 2.75) is 0 Å². The van der Waals surface area contributed by atoms with Crippen LogP contribution in [0.2, 0.25) is 0 Å². The lowest BCUT2D eigenvalue weighted by molar-refractivity contribution is -0.131. The predicted octanol–water partition coefficient (Wildman–Crippen LogP) is 0.248. The first-order valence-electron chi connectivity index (χ1n) is 6.12. The van der Waals surface area contributed by atoms with Crippen molar-refractivity contribution < 1.29 is 9.53 Å². The third-order valence-corrected chi connectivity index (χ3v) is 3.11. The molecule has 6 heteroatoms. The van der Waals surface area contributed by atoms with Crippen LogP contribution in [-0.4, -0.2) is 55.7 Å². The summed E-state index contributed by atoms with van der Waals surface area (Å²) in [5.41, 5.74) is 1.23. The van der Waals surface area contributed by atoms with Gasteiger partial charge in [0.25, 0.3) is 0 Å². The van der Waals surface area contributed by atoms with Crippen molar-refractivity contribution in [1.82, 2.24) is 9.88 Å². The molecule has 0 N–H and O–H groups in total. The molecule has 1 fully saturated rings. The molecule has 0 saturated carbocycles. The zero-order valence-corrected chi connectivity index (χ0v) is 10.9. The van der Waals surface area contributed by atoms with E-state index in [1.165, 1.54) is 0 Å². The molecule has 2 rings (SSSR count). The highest BCUT2D eigenvalue weighted by Gasteiger charge is 2.23. The minimum absolute atomic E-state index is 0.0821. The quantitative estimate of drug-likeness (QED) is 0.776. The highest BCUT2D eigenvalue weighted by atomic mass is 16.5. The second kappa shape index (κ2) is 6.16. The number of carbonyl (C=O) groups excluding carboxylic acids is 1. The molecule has 0 atom stereocenters. The van der Waals surface area contributed by atoms with E-state index in [4.69, 9.17) is 10.00 Å². The van der Waals surface area contributed by atoms with E-state index >= 15 is 0 Å². The Kier molecular flexibility index (Phi) is 4.31. The predicted molar refractivity (Wildman–Crippen MR) is 69.6 cm³/mol. The highest BCUT2D eigenvalue weighted by Crippen LogP contribution is 2.16. The maximum absolute atomic E-state index is 12.0. The molecule has 2 heterocycles. The summed E-state index contributed by atoms with van der Waals surface area (Å²) in [5, 5.41) is 8.83. The highest BCUT2D eigenvalue weighted by molar-refractivity contribution is 5.82. The van der Waals surface area contributed by atoms with E-state index in [0.717, 1.165) is 12.2 Å². The minimum atomic E-state index is 0.0821. The Bertz CT molecular complexity index is 498. The summed E-state index contributed by atoms with van der Waals surface area (Å²) in [7, 11) is 1.63. The first kappa shape index (κ1) is 13.3. The van der Waals surface area contributed by atoms with Gasteiger partial charge in [-0.3, -0.25) is 4.79 Å². The fraction of sp³-hybridized carbons (Fsp3) is 0.462. The van der Waals surface area contributed by atoms with Gasteiger partial charge < -0.3 is 14.5 Å². The lowest BCUT2D eigenvalue weighted by atomic mass is 10.2. The van der Waals surface area contributed by atoms with Crippen LogP contribution in [0.25, 0.3) is 0 Å². The minimum Gasteiger partial charge on any atom is -0.383 e. The molecule has 1 aromatic heterocycles. The number of anilines is 1. The fourth-order valence-electron chi connectivity index (χ4n) is 2.04. The molecule has 0 aromatic carbocycles. The Balaban J connectivity index is 2.01. The van der Waals surface area contributed by atoms with E-state index in [2.05, 4.69) is 4.98 Å². The van der Waals surface area contributed by atoms with Gasteiger partial charge in [0.15, 0.2) is 0 Å². The van der Waals surface area contributed by atoms with Gasteiger partial charge in [0.05, 0.1) is 13.2 Å². The van der Waals surface area contributed by atoms with E-state index < -0.39 is 0 Å². The van der Waals surface area contributed by atoms with Gasteiger partial charge in [-0.2, -0.15) is 5.26 Å². The molecule has 1 saturated heterocycles. The number of hydrogen-bond donors (Lipinski definition) is 0. The van der Waals surface area contributed by atoms with Crippen molar-refractivity contribution in [2.24, 2.45) is 0 Å². The average Bonchev–Trinajstić information content (AvgIpc) is 2.46. The van der Waals surface area contributed by atoms with Gasteiger partial charge in [0, 0.05) is 38.6 Å². The zero-order valence-electron chi connectivity index (χ0n) is 10.9. The Hall–Kier alpha value is -2.13. The van der Waals surface area contributed by atoms with Gasteiger partial charge in [-0.15, -0.1) is 0 Å². The molecule has 0 spiro atoms. The number of piperazine rings is 1. The summed E-state index contributed by atoms with van der Waals surface area (Å²) in [6, 6.07) is 5.53. The molecule has 19 heavy (non-hydrogen) atoms. The second-order valence-corrected chi connectivity index (χ2v) is 4.31. The Morgan fingerprint density at radius 2 is 2.37 bits per heavy atom. The van der Waals surface area contributed by atoms with E-state index in [1.807, 2.05) is 17.0 Å². The molecule has 1 aromatic rings. The first-order valence-corrected chi connectivity index (χ1v) is 6.12. The number of hydrogen-bond acceptors (Lipinski definition) is 5. The lowest BCUT2D eigenvalue weighted by Gasteiger charge is -2.35. The van der Waals surface area contributed by atoms with Crippen molar-refractivity contribution in [3.05, 3.63) is 24.0 Å². The molecule has 0 unspecified atom stereocenters. The van der Waals surface area contributed by atoms with Gasteiger partial charge >= 0.3 is 0 Å². The fourth-order valence-corrected chi connectivity index (χ4v) is 2.04. The largest absolute Gasteiger partial charge is 0.383 e. The zero-order chi connectivity index (χ0) is 13.7. The summed E-state index contributed by atoms with van der Waals surface area (Å²) >= 11 is 0. The van der Waals surface area contributed by atoms with Gasteiger partial charge in [0.2, 0.25) is 5.91 Å². The molecule has 1 aliphatic rings. The van der Waals surface area contributed by atoms with E-state index in [0.29, 0.717) is 31.9 Å². The SMILES string of the molecule is COCCN1CCN(c2ccnc(C#N)c2)CC1=O. The number of carbonyl (C=O) groups is 1. The normalized spacial score (nSPS) is 15.5. The molecule has 0 bridgehead atoms. The number of ether oxygens (including phenoxy) is 1. The van der Waals surface area contributed by atoms with Crippen molar-refractivity contribution >= 4 is 11.6 Å². The molecule has 0 radical (unpaired) electrons. The maximum atomic E-state index is 12.0. The molecule has 1 aliphatic heterocycles. The second-order valence-electron chi connectivity index (χ2n) is 4.31. The van der Waals surface area contributed by atoms with Crippen LogP contribution in [0.5, 0.6) is 0 Å². The molecule has 0 aliphatic carbocycles. The molecular weight excluding hydrogens is 244 g/mol. The van der Waals surface area contributed by atoms with Gasteiger partial charge in [-0.1, -0.05) is 0 Å². The Morgan fingerprint density at radius 3 is 3.05 bits per heavy atom. The van der Waals surface area contributed by atoms with Crippen LogP contribution in [0, 0.1) is 11.3 Å². The number of pyridine rings is 1. The number of rotatable bonds is 4. The van der Waals surface area contributed by atoms with Crippen LogP contribution in [0.3, 0.4) is 0 Å². The molecule has 6 nitrogen and oxygen atoms in total. The summed E-state index contributed by atoms with van der Waals surface area (Å²) in [4.78, 5) is 19.7. The van der Waals surface area contributed by atoms with Crippen LogP contribution in [-0.2, 0) is 9.53 Å². The van der Waals surface area contributed by atoms with Crippen LogP contribution in [0.1, 0.15) is 5.69 Å². The monoisotopic (exact) mass is 260 g/mol. The first-order chi connectivity index (χ1) is 9.24. The van der Waals surface area contributed by atoms with Gasteiger partial charge in [0.1, 0.15) is 11.8 Å². The van der Waals surface area contributed by atoms with E-state index in [1.54, 1.807) is 24.3 Å².